The molecule has 2 aromatic carbocycles. The van der Waals surface area contributed by atoms with E-state index in [-0.39, 0.29) is 18.4 Å². The third-order valence-electron chi connectivity index (χ3n) is 6.49. The molecule has 0 aromatic heterocycles. The van der Waals surface area contributed by atoms with Crippen LogP contribution in [0.3, 0.4) is 0 Å². The average Bonchev–Trinajstić information content (AvgIpc) is 3.08. The van der Waals surface area contributed by atoms with Gasteiger partial charge in [-0.3, -0.25) is 19.3 Å². The van der Waals surface area contributed by atoms with Crippen molar-refractivity contribution in [2.75, 3.05) is 39.8 Å². The zero-order valence-electron chi connectivity index (χ0n) is 19.5. The van der Waals surface area contributed by atoms with Gasteiger partial charge in [-0.05, 0) is 37.1 Å². The Hall–Kier alpha value is -3.88. The molecule has 1 atom stereocenters. The summed E-state index contributed by atoms with van der Waals surface area (Å²) in [4.78, 5) is 55.6. The summed E-state index contributed by atoms with van der Waals surface area (Å²) in [5, 5.41) is 2.71. The van der Waals surface area contributed by atoms with Gasteiger partial charge in [0.05, 0.1) is 7.11 Å². The van der Waals surface area contributed by atoms with Gasteiger partial charge in [0.2, 0.25) is 5.91 Å². The summed E-state index contributed by atoms with van der Waals surface area (Å²) in [7, 11) is 1.56. The minimum Gasteiger partial charge on any atom is -0.496 e. The maximum atomic E-state index is 13.0. The molecule has 4 rings (SSSR count). The second-order valence-corrected chi connectivity index (χ2v) is 8.67. The van der Waals surface area contributed by atoms with E-state index in [4.69, 9.17) is 4.74 Å². The van der Waals surface area contributed by atoms with Crippen molar-refractivity contribution in [1.29, 1.82) is 0 Å². The van der Waals surface area contributed by atoms with Gasteiger partial charge in [0.25, 0.3) is 11.8 Å². The molecule has 9 heteroatoms. The van der Waals surface area contributed by atoms with E-state index in [0.717, 1.165) is 10.5 Å². The third kappa shape index (κ3) is 4.21. The summed E-state index contributed by atoms with van der Waals surface area (Å²) in [5.74, 6) is -0.266. The number of benzene rings is 2. The van der Waals surface area contributed by atoms with Crippen LogP contribution in [-0.4, -0.2) is 78.3 Å². The molecule has 0 saturated carbocycles. The van der Waals surface area contributed by atoms with E-state index in [1.54, 1.807) is 60.2 Å². The molecule has 1 N–H and O–H groups in total. The van der Waals surface area contributed by atoms with E-state index in [0.29, 0.717) is 43.1 Å². The summed E-state index contributed by atoms with van der Waals surface area (Å²) in [6.45, 7) is 4.59. The van der Waals surface area contributed by atoms with Crippen LogP contribution in [-0.2, 0) is 15.1 Å². The molecule has 0 radical (unpaired) electrons. The van der Waals surface area contributed by atoms with Crippen molar-refractivity contribution in [3.8, 4) is 5.75 Å². The monoisotopic (exact) mass is 464 g/mol. The highest BCUT2D eigenvalue weighted by molar-refractivity contribution is 6.09. The van der Waals surface area contributed by atoms with Crippen LogP contribution in [0.4, 0.5) is 4.79 Å². The van der Waals surface area contributed by atoms with E-state index in [1.165, 1.54) is 0 Å². The lowest BCUT2D eigenvalue weighted by Crippen LogP contribution is -2.53. The number of ether oxygens (including phenoxy) is 1. The average molecular weight is 465 g/mol. The zero-order chi connectivity index (χ0) is 24.5. The Morgan fingerprint density at radius 2 is 1.65 bits per heavy atom. The van der Waals surface area contributed by atoms with Gasteiger partial charge < -0.3 is 19.9 Å². The first-order chi connectivity index (χ1) is 16.2. The standard InChI is InChI=1S/C25H28N4O5/c1-17-9-10-18(15-20(17)34-3)22(31)28-13-11-27(12-14-28)21(30)16-29-23(32)25(2,26-24(29)33)19-7-5-4-6-8-19/h4-10,15H,11-14,16H2,1-3H3,(H,26,33). The second-order valence-electron chi connectivity index (χ2n) is 8.67. The number of carbonyl (C=O) groups excluding carboxylic acids is 4. The molecule has 2 fully saturated rings. The predicted molar refractivity (Wildman–Crippen MR) is 124 cm³/mol. The Kier molecular flexibility index (Phi) is 6.28. The van der Waals surface area contributed by atoms with Crippen LogP contribution in [0.5, 0.6) is 5.75 Å². The number of nitrogens with one attached hydrogen (secondary N) is 1. The number of hydrogen-bond acceptors (Lipinski definition) is 5. The Bertz CT molecular complexity index is 1130. The molecular formula is C25H28N4O5. The quantitative estimate of drug-likeness (QED) is 0.680. The van der Waals surface area contributed by atoms with Crippen molar-refractivity contribution in [2.24, 2.45) is 0 Å². The number of amides is 5. The predicted octanol–water partition coefficient (Wildman–Crippen LogP) is 1.76. The first-order valence-electron chi connectivity index (χ1n) is 11.2. The van der Waals surface area contributed by atoms with E-state index in [9.17, 15) is 19.2 Å². The van der Waals surface area contributed by atoms with E-state index < -0.39 is 17.5 Å². The van der Waals surface area contributed by atoms with E-state index in [2.05, 4.69) is 5.32 Å². The number of nitrogens with zero attached hydrogens (tertiary/aromatic N) is 3. The van der Waals surface area contributed by atoms with E-state index >= 15 is 0 Å². The summed E-state index contributed by atoms with van der Waals surface area (Å²) in [6, 6.07) is 13.7. The summed E-state index contributed by atoms with van der Waals surface area (Å²) < 4.78 is 5.31. The first kappa shape index (κ1) is 23.3. The van der Waals surface area contributed by atoms with Crippen molar-refractivity contribution >= 4 is 23.8 Å². The number of carbonyl (C=O) groups is 4. The number of rotatable bonds is 5. The number of hydrogen-bond donors (Lipinski definition) is 1. The Balaban J connectivity index is 1.36. The highest BCUT2D eigenvalue weighted by atomic mass is 16.5. The van der Waals surface area contributed by atoms with Crippen LogP contribution in [0, 0.1) is 6.92 Å². The summed E-state index contributed by atoms with van der Waals surface area (Å²) in [6.07, 6.45) is 0. The molecule has 9 nitrogen and oxygen atoms in total. The Morgan fingerprint density at radius 1 is 1.00 bits per heavy atom. The molecule has 34 heavy (non-hydrogen) atoms. The van der Waals surface area contributed by atoms with Gasteiger partial charge in [0.15, 0.2) is 0 Å². The minimum absolute atomic E-state index is 0.127. The van der Waals surface area contributed by atoms with Crippen LogP contribution in [0.1, 0.15) is 28.4 Å². The van der Waals surface area contributed by atoms with Crippen LogP contribution in [0.25, 0.3) is 0 Å². The fourth-order valence-electron chi connectivity index (χ4n) is 4.34. The number of piperazine rings is 1. The minimum atomic E-state index is -1.21. The lowest BCUT2D eigenvalue weighted by molar-refractivity contribution is -0.139. The third-order valence-corrected chi connectivity index (χ3v) is 6.49. The van der Waals surface area contributed by atoms with Gasteiger partial charge in [-0.1, -0.05) is 36.4 Å². The highest BCUT2D eigenvalue weighted by Gasteiger charge is 2.49. The van der Waals surface area contributed by atoms with Crippen LogP contribution in [0.15, 0.2) is 48.5 Å². The molecule has 2 aromatic rings. The van der Waals surface area contributed by atoms with Crippen molar-refractivity contribution in [2.45, 2.75) is 19.4 Å². The second kappa shape index (κ2) is 9.17. The molecule has 2 saturated heterocycles. The van der Waals surface area contributed by atoms with Crippen LogP contribution < -0.4 is 10.1 Å². The molecular weight excluding hydrogens is 436 g/mol. The van der Waals surface area contributed by atoms with Crippen molar-refractivity contribution < 1.29 is 23.9 Å². The molecule has 2 heterocycles. The molecule has 0 aliphatic carbocycles. The molecule has 2 aliphatic rings. The maximum absolute atomic E-state index is 13.0. The van der Waals surface area contributed by atoms with Crippen molar-refractivity contribution in [3.63, 3.8) is 0 Å². The van der Waals surface area contributed by atoms with Crippen LogP contribution in [0.2, 0.25) is 0 Å². The maximum Gasteiger partial charge on any atom is 0.325 e. The van der Waals surface area contributed by atoms with Gasteiger partial charge in [-0.15, -0.1) is 0 Å². The van der Waals surface area contributed by atoms with Crippen molar-refractivity contribution in [3.05, 3.63) is 65.2 Å². The van der Waals surface area contributed by atoms with Gasteiger partial charge >= 0.3 is 6.03 Å². The smallest absolute Gasteiger partial charge is 0.325 e. The van der Waals surface area contributed by atoms with Gasteiger partial charge in [-0.25, -0.2) is 4.79 Å². The van der Waals surface area contributed by atoms with E-state index in [1.807, 2.05) is 19.1 Å². The molecule has 0 bridgehead atoms. The van der Waals surface area contributed by atoms with Crippen molar-refractivity contribution in [1.82, 2.24) is 20.0 Å². The summed E-state index contributed by atoms with van der Waals surface area (Å²) >= 11 is 0. The fraction of sp³-hybridized carbons (Fsp3) is 0.360. The summed E-state index contributed by atoms with van der Waals surface area (Å²) in [5.41, 5.74) is 0.919. The fourth-order valence-corrected chi connectivity index (χ4v) is 4.34. The normalized spacial score (nSPS) is 20.4. The highest BCUT2D eigenvalue weighted by Crippen LogP contribution is 2.28. The number of methoxy groups -OCH3 is 1. The topological polar surface area (TPSA) is 99.3 Å². The Labute approximate surface area is 198 Å². The lowest BCUT2D eigenvalue weighted by Gasteiger charge is -2.35. The van der Waals surface area contributed by atoms with Gasteiger partial charge in [0.1, 0.15) is 17.8 Å². The molecule has 1 unspecified atom stereocenters. The lowest BCUT2D eigenvalue weighted by atomic mass is 9.92. The molecule has 178 valence electrons. The molecule has 0 spiro atoms. The SMILES string of the molecule is COc1cc(C(=O)N2CCN(C(=O)CN3C(=O)NC(C)(c4ccccc4)C3=O)CC2)ccc1C. The number of aryl methyl sites for hydroxylation is 1. The van der Waals surface area contributed by atoms with Crippen LogP contribution >= 0.6 is 0 Å². The number of urea groups is 1. The Morgan fingerprint density at radius 3 is 2.29 bits per heavy atom. The largest absolute Gasteiger partial charge is 0.496 e. The molecule has 2 aliphatic heterocycles. The number of imide groups is 1. The molecule has 5 amide bonds. The van der Waals surface area contributed by atoms with Gasteiger partial charge in [-0.2, -0.15) is 0 Å². The zero-order valence-corrected chi connectivity index (χ0v) is 19.5. The van der Waals surface area contributed by atoms with Gasteiger partial charge in [0, 0.05) is 31.7 Å². The first-order valence-corrected chi connectivity index (χ1v) is 11.2.